The normalized spacial score (nSPS) is 13.9. The monoisotopic (exact) mass is 481 g/mol. The number of fused-ring (bicyclic) bond motifs is 1. The zero-order valence-corrected chi connectivity index (χ0v) is 20.5. The molecule has 2 heterocycles. The third-order valence-electron chi connectivity index (χ3n) is 6.76. The van der Waals surface area contributed by atoms with Crippen molar-refractivity contribution >= 4 is 22.3 Å². The molecule has 0 atom stereocenters. The molecule has 1 fully saturated rings. The van der Waals surface area contributed by atoms with Crippen LogP contribution in [0.3, 0.4) is 0 Å². The Morgan fingerprint density at radius 2 is 1.94 bits per heavy atom. The average Bonchev–Trinajstić information content (AvgIpc) is 3.40. The number of pyridine rings is 1. The van der Waals surface area contributed by atoms with Crippen molar-refractivity contribution in [2.45, 2.75) is 38.1 Å². The van der Waals surface area contributed by atoms with Gasteiger partial charge in [0, 0.05) is 53.3 Å². The van der Waals surface area contributed by atoms with Crippen LogP contribution in [-0.2, 0) is 0 Å². The van der Waals surface area contributed by atoms with Crippen LogP contribution < -0.4 is 20.1 Å². The van der Waals surface area contributed by atoms with E-state index in [0.717, 1.165) is 34.3 Å². The summed E-state index contributed by atoms with van der Waals surface area (Å²) in [6.07, 6.45) is 11.7. The molecule has 0 amide bonds. The third kappa shape index (κ3) is 5.29. The highest BCUT2D eigenvalue weighted by Gasteiger charge is 2.16. The van der Waals surface area contributed by atoms with Crippen molar-refractivity contribution in [2.24, 2.45) is 0 Å². The van der Waals surface area contributed by atoms with Crippen LogP contribution in [0.4, 0.5) is 11.4 Å². The zero-order valence-electron chi connectivity index (χ0n) is 20.5. The lowest BCUT2D eigenvalue weighted by Gasteiger charge is -2.23. The van der Waals surface area contributed by atoms with Crippen molar-refractivity contribution in [1.29, 1.82) is 5.26 Å². The minimum absolute atomic E-state index is 0.469. The largest absolute Gasteiger partial charge is 0.493 e. The van der Waals surface area contributed by atoms with Gasteiger partial charge >= 0.3 is 0 Å². The van der Waals surface area contributed by atoms with Crippen LogP contribution in [0.2, 0.25) is 0 Å². The molecule has 4 aromatic rings. The molecule has 7 nitrogen and oxygen atoms in total. The summed E-state index contributed by atoms with van der Waals surface area (Å²) >= 11 is 0. The highest BCUT2D eigenvalue weighted by molar-refractivity contribution is 5.88. The van der Waals surface area contributed by atoms with E-state index in [1.165, 1.54) is 32.1 Å². The molecule has 0 saturated heterocycles. The molecule has 2 aromatic carbocycles. The van der Waals surface area contributed by atoms with Crippen molar-refractivity contribution in [3.8, 4) is 28.7 Å². The molecule has 0 bridgehead atoms. The number of hydrogen-bond acceptors (Lipinski definition) is 6. The molecule has 36 heavy (non-hydrogen) atoms. The fraction of sp³-hybridized carbons (Fsp3) is 0.310. The molecule has 1 aliphatic carbocycles. The highest BCUT2D eigenvalue weighted by atomic mass is 16.5. The van der Waals surface area contributed by atoms with Gasteiger partial charge in [-0.1, -0.05) is 25.3 Å². The smallest absolute Gasteiger partial charge is 0.161 e. The first-order valence-electron chi connectivity index (χ1n) is 12.5. The summed E-state index contributed by atoms with van der Waals surface area (Å²) in [6, 6.07) is 16.8. The Kier molecular flexibility index (Phi) is 7.34. The first-order chi connectivity index (χ1) is 17.7. The van der Waals surface area contributed by atoms with Gasteiger partial charge in [0.25, 0.3) is 0 Å². The van der Waals surface area contributed by atoms with Crippen LogP contribution in [0, 0.1) is 11.3 Å². The van der Waals surface area contributed by atoms with Gasteiger partial charge in [-0.3, -0.25) is 4.98 Å². The van der Waals surface area contributed by atoms with Crippen molar-refractivity contribution < 1.29 is 9.47 Å². The van der Waals surface area contributed by atoms with E-state index in [0.29, 0.717) is 35.4 Å². The Morgan fingerprint density at radius 1 is 1.06 bits per heavy atom. The molecule has 0 spiro atoms. The quantitative estimate of drug-likeness (QED) is 0.248. The summed E-state index contributed by atoms with van der Waals surface area (Å²) in [5.41, 5.74) is 4.83. The minimum atomic E-state index is 0.469. The Labute approximate surface area is 211 Å². The highest BCUT2D eigenvalue weighted by Crippen LogP contribution is 2.38. The van der Waals surface area contributed by atoms with Gasteiger partial charge in [-0.15, -0.1) is 0 Å². The third-order valence-corrected chi connectivity index (χ3v) is 6.76. The summed E-state index contributed by atoms with van der Waals surface area (Å²) in [5.74, 6) is 1.34. The number of methoxy groups -OCH3 is 1. The predicted molar refractivity (Wildman–Crippen MR) is 143 cm³/mol. The van der Waals surface area contributed by atoms with E-state index in [1.54, 1.807) is 19.5 Å². The Bertz CT molecular complexity index is 1370. The number of nitrogens with one attached hydrogen (secondary N) is 3. The van der Waals surface area contributed by atoms with Crippen molar-refractivity contribution in [2.75, 3.05) is 25.6 Å². The molecule has 7 heteroatoms. The van der Waals surface area contributed by atoms with Crippen LogP contribution in [0.15, 0.2) is 61.1 Å². The van der Waals surface area contributed by atoms with Gasteiger partial charge in [0.15, 0.2) is 11.5 Å². The molecular formula is C29H31N5O2. The van der Waals surface area contributed by atoms with Crippen LogP contribution in [0.5, 0.6) is 11.5 Å². The molecule has 0 unspecified atom stereocenters. The van der Waals surface area contributed by atoms with E-state index in [1.807, 2.05) is 42.6 Å². The fourth-order valence-electron chi connectivity index (χ4n) is 4.86. The van der Waals surface area contributed by atoms with Crippen molar-refractivity contribution in [3.05, 3.63) is 66.6 Å². The predicted octanol–water partition coefficient (Wildman–Crippen LogP) is 6.15. The summed E-state index contributed by atoms with van der Waals surface area (Å²) in [4.78, 5) is 7.53. The van der Waals surface area contributed by atoms with E-state index < -0.39 is 0 Å². The molecule has 0 radical (unpaired) electrons. The number of nitrogens with zero attached hydrogens (tertiary/aromatic N) is 2. The Balaban J connectivity index is 1.38. The minimum Gasteiger partial charge on any atom is -0.493 e. The van der Waals surface area contributed by atoms with Crippen LogP contribution >= 0.6 is 0 Å². The molecule has 2 aromatic heterocycles. The second kappa shape index (κ2) is 11.1. The maximum Gasteiger partial charge on any atom is 0.161 e. The molecule has 3 N–H and O–H groups in total. The molecule has 184 valence electrons. The zero-order chi connectivity index (χ0) is 24.7. The lowest BCUT2D eigenvalue weighted by molar-refractivity contribution is 0.275. The summed E-state index contributed by atoms with van der Waals surface area (Å²) in [6.45, 7) is 1.34. The number of aromatic nitrogens is 2. The van der Waals surface area contributed by atoms with Gasteiger partial charge in [0.2, 0.25) is 0 Å². The number of H-pyrrole nitrogens is 1. The van der Waals surface area contributed by atoms with E-state index in [9.17, 15) is 5.26 Å². The maximum absolute atomic E-state index is 9.81. The lowest BCUT2D eigenvalue weighted by Crippen LogP contribution is -2.34. The second-order valence-electron chi connectivity index (χ2n) is 9.13. The lowest BCUT2D eigenvalue weighted by atomic mass is 9.96. The average molecular weight is 482 g/mol. The van der Waals surface area contributed by atoms with Gasteiger partial charge in [0.05, 0.1) is 18.4 Å². The van der Waals surface area contributed by atoms with Gasteiger partial charge in [-0.05, 0) is 54.8 Å². The van der Waals surface area contributed by atoms with Crippen molar-refractivity contribution in [1.82, 2.24) is 15.3 Å². The first-order valence-corrected chi connectivity index (χ1v) is 12.5. The SMILES string of the molecule is COc1ccc(-c2cncc(C#N)c2Nc2ccc3[nH]ccc3c2)cc1OCCNC1CCCCC1. The maximum atomic E-state index is 9.81. The standard InChI is InChI=1S/C29H31N5O2/c1-35-27-10-7-20(16-28(27)36-14-13-32-23-5-3-2-4-6-23)25-19-31-18-22(17-30)29(25)34-24-8-9-26-21(15-24)11-12-33-26/h7-12,15-16,18-19,23,32-33H,2-6,13-14H2,1H3,(H,31,34). The number of ether oxygens (including phenoxy) is 2. The van der Waals surface area contributed by atoms with E-state index >= 15 is 0 Å². The first kappa shape index (κ1) is 23.7. The molecule has 1 aliphatic rings. The van der Waals surface area contributed by atoms with Crippen LogP contribution in [0.25, 0.3) is 22.0 Å². The summed E-state index contributed by atoms with van der Waals surface area (Å²) in [5, 5.41) is 18.0. The summed E-state index contributed by atoms with van der Waals surface area (Å²) in [7, 11) is 1.64. The number of benzene rings is 2. The second-order valence-corrected chi connectivity index (χ2v) is 9.13. The molecule has 5 rings (SSSR count). The van der Waals surface area contributed by atoms with Gasteiger partial charge in [-0.2, -0.15) is 5.26 Å². The number of nitriles is 1. The molecular weight excluding hydrogens is 450 g/mol. The number of rotatable bonds is 9. The fourth-order valence-corrected chi connectivity index (χ4v) is 4.86. The van der Waals surface area contributed by atoms with Crippen LogP contribution in [0.1, 0.15) is 37.7 Å². The molecule has 1 saturated carbocycles. The van der Waals surface area contributed by atoms with Gasteiger partial charge in [-0.25, -0.2) is 0 Å². The Morgan fingerprint density at radius 3 is 2.78 bits per heavy atom. The molecule has 0 aliphatic heterocycles. The van der Waals surface area contributed by atoms with E-state index in [2.05, 4.69) is 32.7 Å². The Hall–Kier alpha value is -4.02. The topological polar surface area (TPSA) is 95.0 Å². The number of aromatic amines is 1. The number of anilines is 2. The van der Waals surface area contributed by atoms with Gasteiger partial charge in [0.1, 0.15) is 12.7 Å². The summed E-state index contributed by atoms with van der Waals surface area (Å²) < 4.78 is 11.7. The number of hydrogen-bond donors (Lipinski definition) is 3. The van der Waals surface area contributed by atoms with E-state index in [4.69, 9.17) is 9.47 Å². The van der Waals surface area contributed by atoms with Crippen LogP contribution in [-0.4, -0.2) is 36.3 Å². The van der Waals surface area contributed by atoms with Gasteiger partial charge < -0.3 is 25.1 Å². The van der Waals surface area contributed by atoms with Crippen molar-refractivity contribution in [3.63, 3.8) is 0 Å². The van der Waals surface area contributed by atoms with E-state index in [-0.39, 0.29) is 0 Å².